The van der Waals surface area contributed by atoms with Crippen LogP contribution in [0.25, 0.3) is 0 Å². The van der Waals surface area contributed by atoms with E-state index in [4.69, 9.17) is 0 Å². The third-order valence-corrected chi connectivity index (χ3v) is 3.98. The SMILES string of the molecule is CCNS(=O)(=O)CCNC1CCNCC1. The zero-order valence-electron chi connectivity index (χ0n) is 9.25. The van der Waals surface area contributed by atoms with Crippen LogP contribution in [-0.2, 0) is 10.0 Å². The van der Waals surface area contributed by atoms with Crippen molar-refractivity contribution in [3.8, 4) is 0 Å². The highest BCUT2D eigenvalue weighted by Gasteiger charge is 2.13. The van der Waals surface area contributed by atoms with Crippen molar-refractivity contribution in [1.82, 2.24) is 15.4 Å². The van der Waals surface area contributed by atoms with Gasteiger partial charge in [0, 0.05) is 19.1 Å². The molecule has 0 saturated carbocycles. The lowest BCUT2D eigenvalue weighted by molar-refractivity contribution is 0.394. The van der Waals surface area contributed by atoms with Gasteiger partial charge in [-0.3, -0.25) is 0 Å². The number of rotatable bonds is 6. The second-order valence-corrected chi connectivity index (χ2v) is 5.72. The van der Waals surface area contributed by atoms with Gasteiger partial charge in [0.2, 0.25) is 10.0 Å². The summed E-state index contributed by atoms with van der Waals surface area (Å²) in [6, 6.07) is 0.475. The van der Waals surface area contributed by atoms with Crippen molar-refractivity contribution in [2.24, 2.45) is 0 Å². The second-order valence-electron chi connectivity index (χ2n) is 3.80. The number of piperidine rings is 1. The van der Waals surface area contributed by atoms with Crippen LogP contribution in [0, 0.1) is 0 Å². The van der Waals surface area contributed by atoms with E-state index in [0.717, 1.165) is 25.9 Å². The minimum atomic E-state index is -3.06. The summed E-state index contributed by atoms with van der Waals surface area (Å²) in [6.07, 6.45) is 2.17. The third-order valence-electron chi connectivity index (χ3n) is 2.51. The summed E-state index contributed by atoms with van der Waals surface area (Å²) in [5, 5.41) is 6.55. The maximum Gasteiger partial charge on any atom is 0.212 e. The normalized spacial score (nSPS) is 19.3. The van der Waals surface area contributed by atoms with Gasteiger partial charge < -0.3 is 10.6 Å². The van der Waals surface area contributed by atoms with E-state index in [1.807, 2.05) is 0 Å². The smallest absolute Gasteiger partial charge is 0.212 e. The van der Waals surface area contributed by atoms with E-state index in [1.54, 1.807) is 6.92 Å². The number of sulfonamides is 1. The van der Waals surface area contributed by atoms with Crippen LogP contribution in [0.15, 0.2) is 0 Å². The molecule has 5 nitrogen and oxygen atoms in total. The summed E-state index contributed by atoms with van der Waals surface area (Å²) in [4.78, 5) is 0. The van der Waals surface area contributed by atoms with Crippen LogP contribution in [-0.4, -0.2) is 46.4 Å². The van der Waals surface area contributed by atoms with Crippen LogP contribution >= 0.6 is 0 Å². The zero-order valence-corrected chi connectivity index (χ0v) is 10.1. The van der Waals surface area contributed by atoms with Crippen LogP contribution < -0.4 is 15.4 Å². The Morgan fingerprint density at radius 2 is 2.00 bits per heavy atom. The van der Waals surface area contributed by atoms with Gasteiger partial charge in [-0.05, 0) is 25.9 Å². The molecule has 6 heteroatoms. The Morgan fingerprint density at radius 3 is 2.60 bits per heavy atom. The highest BCUT2D eigenvalue weighted by molar-refractivity contribution is 7.89. The van der Waals surface area contributed by atoms with Gasteiger partial charge >= 0.3 is 0 Å². The van der Waals surface area contributed by atoms with Crippen molar-refractivity contribution < 1.29 is 8.42 Å². The summed E-state index contributed by atoms with van der Waals surface area (Å²) in [5.74, 6) is 0.171. The number of nitrogens with one attached hydrogen (secondary N) is 3. The summed E-state index contributed by atoms with van der Waals surface area (Å²) in [6.45, 7) is 4.85. The summed E-state index contributed by atoms with van der Waals surface area (Å²) in [5.41, 5.74) is 0. The van der Waals surface area contributed by atoms with Crippen LogP contribution in [0.1, 0.15) is 19.8 Å². The lowest BCUT2D eigenvalue weighted by Gasteiger charge is -2.23. The quantitative estimate of drug-likeness (QED) is 0.567. The zero-order chi connectivity index (χ0) is 11.1. The Bertz CT molecular complexity index is 261. The molecule has 1 fully saturated rings. The first-order chi connectivity index (χ1) is 7.14. The third kappa shape index (κ3) is 5.46. The van der Waals surface area contributed by atoms with Gasteiger partial charge in [0.05, 0.1) is 5.75 Å². The molecule has 0 bridgehead atoms. The molecule has 0 aliphatic carbocycles. The van der Waals surface area contributed by atoms with Crippen molar-refractivity contribution in [2.45, 2.75) is 25.8 Å². The van der Waals surface area contributed by atoms with Crippen molar-refractivity contribution in [3.63, 3.8) is 0 Å². The lowest BCUT2D eigenvalue weighted by Crippen LogP contribution is -2.42. The van der Waals surface area contributed by atoms with Gasteiger partial charge in [-0.1, -0.05) is 6.92 Å². The van der Waals surface area contributed by atoms with Gasteiger partial charge in [-0.25, -0.2) is 13.1 Å². The van der Waals surface area contributed by atoms with E-state index >= 15 is 0 Å². The molecule has 1 rings (SSSR count). The Hall–Kier alpha value is -0.170. The molecule has 0 unspecified atom stereocenters. The van der Waals surface area contributed by atoms with Crippen LogP contribution in [0.4, 0.5) is 0 Å². The van der Waals surface area contributed by atoms with E-state index in [9.17, 15) is 8.42 Å². The molecule has 0 aromatic rings. The van der Waals surface area contributed by atoms with Gasteiger partial charge in [-0.15, -0.1) is 0 Å². The molecule has 15 heavy (non-hydrogen) atoms. The fourth-order valence-electron chi connectivity index (χ4n) is 1.72. The van der Waals surface area contributed by atoms with Crippen molar-refractivity contribution in [3.05, 3.63) is 0 Å². The highest BCUT2D eigenvalue weighted by atomic mass is 32.2. The maximum absolute atomic E-state index is 11.3. The molecule has 0 aromatic carbocycles. The predicted octanol–water partition coefficient (Wildman–Crippen LogP) is -0.733. The number of hydrogen-bond acceptors (Lipinski definition) is 4. The first-order valence-electron chi connectivity index (χ1n) is 5.55. The molecule has 3 N–H and O–H groups in total. The summed E-state index contributed by atoms with van der Waals surface area (Å²) < 4.78 is 25.1. The molecule has 0 spiro atoms. The van der Waals surface area contributed by atoms with Crippen molar-refractivity contribution >= 4 is 10.0 Å². The van der Waals surface area contributed by atoms with E-state index in [1.165, 1.54) is 0 Å². The Balaban J connectivity index is 2.14. The minimum absolute atomic E-state index is 0.171. The van der Waals surface area contributed by atoms with Crippen LogP contribution in [0.5, 0.6) is 0 Å². The maximum atomic E-state index is 11.3. The fraction of sp³-hybridized carbons (Fsp3) is 1.00. The van der Waals surface area contributed by atoms with Crippen molar-refractivity contribution in [2.75, 3.05) is 31.9 Å². The topological polar surface area (TPSA) is 70.2 Å². The number of hydrogen-bond donors (Lipinski definition) is 3. The van der Waals surface area contributed by atoms with Gasteiger partial charge in [0.25, 0.3) is 0 Å². The second kappa shape index (κ2) is 6.42. The first kappa shape index (κ1) is 12.9. The van der Waals surface area contributed by atoms with E-state index in [-0.39, 0.29) is 5.75 Å². The highest BCUT2D eigenvalue weighted by Crippen LogP contribution is 2.01. The van der Waals surface area contributed by atoms with Gasteiger partial charge in [-0.2, -0.15) is 0 Å². The summed E-state index contributed by atoms with van der Waals surface area (Å²) in [7, 11) is -3.06. The van der Waals surface area contributed by atoms with Gasteiger partial charge in [0.15, 0.2) is 0 Å². The molecule has 0 amide bonds. The molecule has 0 aromatic heterocycles. The molecule has 1 heterocycles. The first-order valence-corrected chi connectivity index (χ1v) is 7.20. The van der Waals surface area contributed by atoms with E-state index in [0.29, 0.717) is 19.1 Å². The molecular formula is C9H21N3O2S. The van der Waals surface area contributed by atoms with E-state index in [2.05, 4.69) is 15.4 Å². The average Bonchev–Trinajstić information content (AvgIpc) is 2.19. The van der Waals surface area contributed by atoms with Gasteiger partial charge in [0.1, 0.15) is 0 Å². The molecule has 1 aliphatic heterocycles. The largest absolute Gasteiger partial charge is 0.317 e. The minimum Gasteiger partial charge on any atom is -0.317 e. The lowest BCUT2D eigenvalue weighted by atomic mass is 10.1. The standard InChI is InChI=1S/C9H21N3O2S/c1-2-12-15(13,14)8-7-11-9-3-5-10-6-4-9/h9-12H,2-8H2,1H3. The van der Waals surface area contributed by atoms with Crippen LogP contribution in [0.2, 0.25) is 0 Å². The predicted molar refractivity (Wildman–Crippen MR) is 61.4 cm³/mol. The molecule has 1 saturated heterocycles. The summed E-state index contributed by atoms with van der Waals surface area (Å²) >= 11 is 0. The Morgan fingerprint density at radius 1 is 1.33 bits per heavy atom. The Kier molecular flexibility index (Phi) is 5.52. The van der Waals surface area contributed by atoms with Crippen LogP contribution in [0.3, 0.4) is 0 Å². The molecule has 90 valence electrons. The fourth-order valence-corrected chi connectivity index (χ4v) is 2.69. The molecule has 0 radical (unpaired) electrons. The van der Waals surface area contributed by atoms with Crippen molar-refractivity contribution in [1.29, 1.82) is 0 Å². The monoisotopic (exact) mass is 235 g/mol. The average molecular weight is 235 g/mol. The molecule has 1 aliphatic rings. The van der Waals surface area contributed by atoms with E-state index < -0.39 is 10.0 Å². The Labute approximate surface area is 92.1 Å². The molecule has 0 atom stereocenters. The molecular weight excluding hydrogens is 214 g/mol.